The van der Waals surface area contributed by atoms with Gasteiger partial charge in [0.2, 0.25) is 5.91 Å². The predicted molar refractivity (Wildman–Crippen MR) is 94.7 cm³/mol. The van der Waals surface area contributed by atoms with Crippen LogP contribution in [0.4, 0.5) is 0 Å². The van der Waals surface area contributed by atoms with Crippen LogP contribution in [0, 0.1) is 0 Å². The van der Waals surface area contributed by atoms with Crippen LogP contribution >= 0.6 is 0 Å². The smallest absolute Gasteiger partial charge is 0.222 e. The van der Waals surface area contributed by atoms with E-state index in [4.69, 9.17) is 0 Å². The van der Waals surface area contributed by atoms with Crippen molar-refractivity contribution in [1.82, 2.24) is 4.90 Å². The van der Waals surface area contributed by atoms with Crippen LogP contribution in [0.25, 0.3) is 0 Å². The van der Waals surface area contributed by atoms with E-state index in [0.29, 0.717) is 6.42 Å². The molecular weight excluding hydrogens is 282 g/mol. The predicted octanol–water partition coefficient (Wildman–Crippen LogP) is 3.59. The lowest BCUT2D eigenvalue weighted by molar-refractivity contribution is -0.128. The lowest BCUT2D eigenvalue weighted by Gasteiger charge is -2.15. The van der Waals surface area contributed by atoms with E-state index in [-0.39, 0.29) is 5.91 Å². The van der Waals surface area contributed by atoms with Gasteiger partial charge in [0.1, 0.15) is 0 Å². The molecule has 0 fully saturated rings. The van der Waals surface area contributed by atoms with Gasteiger partial charge in [0.15, 0.2) is 0 Å². The maximum Gasteiger partial charge on any atom is 0.222 e. The Balaban J connectivity index is 1.83. The maximum atomic E-state index is 11.9. The number of hydrogen-bond donors (Lipinski definition) is 0. The van der Waals surface area contributed by atoms with E-state index >= 15 is 0 Å². The molecule has 2 aromatic carbocycles. The molecule has 0 N–H and O–H groups in total. The largest absolute Gasteiger partial charge is 0.349 e. The summed E-state index contributed by atoms with van der Waals surface area (Å²) in [5, 5.41) is 0. The summed E-state index contributed by atoms with van der Waals surface area (Å²) < 4.78 is 0. The van der Waals surface area contributed by atoms with Gasteiger partial charge < -0.3 is 4.90 Å². The lowest BCUT2D eigenvalue weighted by atomic mass is 9.91. The molecule has 2 nitrogen and oxygen atoms in total. The van der Waals surface area contributed by atoms with E-state index in [1.54, 1.807) is 4.90 Å². The standard InChI is InChI=1S/C21H25NO/c1-22(2)21(23)14-13-20-15-18-8-7-16-3-5-17(6-4-16)9-11-19(20)12-10-18/h3-6,10,12,15H,7-9,11,13-14H2,1-2H3. The Labute approximate surface area is 139 Å². The zero-order chi connectivity index (χ0) is 16.2. The zero-order valence-electron chi connectivity index (χ0n) is 14.1. The fourth-order valence-corrected chi connectivity index (χ4v) is 3.22. The van der Waals surface area contributed by atoms with E-state index in [1.807, 2.05) is 14.1 Å². The number of hydrogen-bond acceptors (Lipinski definition) is 1. The molecule has 23 heavy (non-hydrogen) atoms. The SMILES string of the molecule is CN(C)C(=O)CCc1cc2ccc1CCc1ccc(cc1)CC2. The number of amides is 1. The van der Waals surface area contributed by atoms with Crippen LogP contribution in [0.5, 0.6) is 0 Å². The first-order valence-corrected chi connectivity index (χ1v) is 8.50. The molecule has 4 bridgehead atoms. The molecule has 4 aliphatic rings. The molecule has 120 valence electrons. The molecule has 6 rings (SSSR count). The van der Waals surface area contributed by atoms with Crippen LogP contribution in [0.3, 0.4) is 0 Å². The molecule has 0 heterocycles. The van der Waals surface area contributed by atoms with Crippen molar-refractivity contribution in [3.05, 3.63) is 70.3 Å². The Hall–Kier alpha value is -2.09. The highest BCUT2D eigenvalue weighted by atomic mass is 16.2. The molecule has 0 spiro atoms. The van der Waals surface area contributed by atoms with Crippen LogP contribution in [0.2, 0.25) is 0 Å². The zero-order valence-corrected chi connectivity index (χ0v) is 14.1. The van der Waals surface area contributed by atoms with Gasteiger partial charge in [0, 0.05) is 20.5 Å². The van der Waals surface area contributed by atoms with Crippen molar-refractivity contribution in [2.24, 2.45) is 0 Å². The minimum Gasteiger partial charge on any atom is -0.349 e. The van der Waals surface area contributed by atoms with Gasteiger partial charge in [-0.05, 0) is 59.9 Å². The second-order valence-corrected chi connectivity index (χ2v) is 6.71. The van der Waals surface area contributed by atoms with Crippen LogP contribution in [0.15, 0.2) is 42.5 Å². The number of carbonyl (C=O) groups excluding carboxylic acids is 1. The first-order chi connectivity index (χ1) is 11.1. The van der Waals surface area contributed by atoms with Crippen LogP contribution in [-0.4, -0.2) is 24.9 Å². The van der Waals surface area contributed by atoms with E-state index in [9.17, 15) is 4.79 Å². The average Bonchev–Trinajstić information content (AvgIpc) is 2.55. The van der Waals surface area contributed by atoms with Crippen molar-refractivity contribution in [3.8, 4) is 0 Å². The average molecular weight is 307 g/mol. The molecule has 0 atom stereocenters. The molecule has 2 aromatic rings. The molecule has 0 unspecified atom stereocenters. The van der Waals surface area contributed by atoms with Gasteiger partial charge in [0.05, 0.1) is 0 Å². The first kappa shape index (κ1) is 15.8. The Morgan fingerprint density at radius 3 is 2.09 bits per heavy atom. The summed E-state index contributed by atoms with van der Waals surface area (Å²) in [5.74, 6) is 0.206. The summed E-state index contributed by atoms with van der Waals surface area (Å²) in [5.41, 5.74) is 6.93. The number of nitrogens with zero attached hydrogens (tertiary/aromatic N) is 1. The number of aryl methyl sites for hydroxylation is 5. The van der Waals surface area contributed by atoms with Gasteiger partial charge in [-0.2, -0.15) is 0 Å². The van der Waals surface area contributed by atoms with Crippen molar-refractivity contribution in [2.75, 3.05) is 14.1 Å². The summed E-state index contributed by atoms with van der Waals surface area (Å²) in [7, 11) is 3.66. The molecule has 2 heteroatoms. The second-order valence-electron chi connectivity index (χ2n) is 6.71. The molecule has 0 saturated carbocycles. The van der Waals surface area contributed by atoms with Gasteiger partial charge in [0.25, 0.3) is 0 Å². The Bertz CT molecular complexity index is 685. The van der Waals surface area contributed by atoms with Crippen LogP contribution < -0.4 is 0 Å². The minimum atomic E-state index is 0.206. The Kier molecular flexibility index (Phi) is 4.80. The summed E-state index contributed by atoms with van der Waals surface area (Å²) >= 11 is 0. The number of benzene rings is 2. The highest BCUT2D eigenvalue weighted by Gasteiger charge is 2.10. The maximum absolute atomic E-state index is 11.9. The minimum absolute atomic E-state index is 0.206. The molecule has 0 aromatic heterocycles. The molecular formula is C21H25NO. The third-order valence-electron chi connectivity index (χ3n) is 4.79. The normalized spacial score (nSPS) is 13.5. The summed E-state index contributed by atoms with van der Waals surface area (Å²) in [4.78, 5) is 13.6. The second kappa shape index (κ2) is 6.99. The van der Waals surface area contributed by atoms with Crippen molar-refractivity contribution < 1.29 is 4.79 Å². The van der Waals surface area contributed by atoms with E-state index in [0.717, 1.165) is 32.1 Å². The van der Waals surface area contributed by atoms with Crippen molar-refractivity contribution in [1.29, 1.82) is 0 Å². The summed E-state index contributed by atoms with van der Waals surface area (Å²) in [6.07, 6.45) is 5.69. The highest BCUT2D eigenvalue weighted by Crippen LogP contribution is 2.20. The molecule has 0 radical (unpaired) electrons. The van der Waals surface area contributed by atoms with Crippen LogP contribution in [-0.2, 0) is 36.9 Å². The lowest BCUT2D eigenvalue weighted by Crippen LogP contribution is -2.22. The van der Waals surface area contributed by atoms with Crippen molar-refractivity contribution in [2.45, 2.75) is 38.5 Å². The monoisotopic (exact) mass is 307 g/mol. The summed E-state index contributed by atoms with van der Waals surface area (Å²) in [6, 6.07) is 15.9. The topological polar surface area (TPSA) is 20.3 Å². The molecule has 1 amide bonds. The van der Waals surface area contributed by atoms with Crippen molar-refractivity contribution >= 4 is 5.91 Å². The molecule has 4 aliphatic carbocycles. The number of carbonyl (C=O) groups is 1. The van der Waals surface area contributed by atoms with Crippen LogP contribution in [0.1, 0.15) is 34.2 Å². The highest BCUT2D eigenvalue weighted by molar-refractivity contribution is 5.75. The van der Waals surface area contributed by atoms with Gasteiger partial charge >= 0.3 is 0 Å². The first-order valence-electron chi connectivity index (χ1n) is 8.50. The molecule has 0 aliphatic heterocycles. The third kappa shape index (κ3) is 4.01. The van der Waals surface area contributed by atoms with Crippen molar-refractivity contribution in [3.63, 3.8) is 0 Å². The fraction of sp³-hybridized carbons (Fsp3) is 0.381. The van der Waals surface area contributed by atoms with Gasteiger partial charge in [-0.15, -0.1) is 0 Å². The van der Waals surface area contributed by atoms with Gasteiger partial charge in [-0.1, -0.05) is 42.5 Å². The van der Waals surface area contributed by atoms with Gasteiger partial charge in [-0.3, -0.25) is 4.79 Å². The Morgan fingerprint density at radius 2 is 1.43 bits per heavy atom. The Morgan fingerprint density at radius 1 is 0.870 bits per heavy atom. The van der Waals surface area contributed by atoms with E-state index < -0.39 is 0 Å². The van der Waals surface area contributed by atoms with Gasteiger partial charge in [-0.25, -0.2) is 0 Å². The van der Waals surface area contributed by atoms with E-state index in [2.05, 4.69) is 42.5 Å². The third-order valence-corrected chi connectivity index (χ3v) is 4.79. The summed E-state index contributed by atoms with van der Waals surface area (Å²) in [6.45, 7) is 0. The quantitative estimate of drug-likeness (QED) is 0.848. The number of rotatable bonds is 3. The molecule has 0 saturated heterocycles. The van der Waals surface area contributed by atoms with E-state index in [1.165, 1.54) is 27.8 Å². The fourth-order valence-electron chi connectivity index (χ4n) is 3.22.